The summed E-state index contributed by atoms with van der Waals surface area (Å²) in [5.74, 6) is 0.185. The van der Waals surface area contributed by atoms with Crippen LogP contribution in [0, 0.1) is 0 Å². The van der Waals surface area contributed by atoms with E-state index in [1.165, 1.54) is 0 Å². The molecule has 0 aromatic carbocycles. The molecular formula is C14H15N3O. The van der Waals surface area contributed by atoms with Gasteiger partial charge in [-0.25, -0.2) is 0 Å². The molecule has 2 aromatic rings. The van der Waals surface area contributed by atoms with Gasteiger partial charge in [-0.2, -0.15) is 5.10 Å². The fourth-order valence-corrected chi connectivity index (χ4v) is 2.50. The summed E-state index contributed by atoms with van der Waals surface area (Å²) in [6.07, 6.45) is 4.90. The number of hydrogen-bond acceptors (Lipinski definition) is 3. The van der Waals surface area contributed by atoms with Crippen LogP contribution in [0.25, 0.3) is 11.3 Å². The van der Waals surface area contributed by atoms with Gasteiger partial charge in [0.25, 0.3) is 0 Å². The normalized spacial score (nSPS) is 17.6. The van der Waals surface area contributed by atoms with Crippen LogP contribution < -0.4 is 0 Å². The van der Waals surface area contributed by atoms with E-state index in [0.717, 1.165) is 28.9 Å². The van der Waals surface area contributed by atoms with Crippen molar-refractivity contribution in [3.8, 4) is 11.3 Å². The molecule has 0 radical (unpaired) electrons. The number of H-pyrrole nitrogens is 1. The Morgan fingerprint density at radius 2 is 2.00 bits per heavy atom. The molecule has 2 aromatic heterocycles. The molecule has 1 aliphatic rings. The largest absolute Gasteiger partial charge is 0.294 e. The van der Waals surface area contributed by atoms with Gasteiger partial charge in [-0.15, -0.1) is 0 Å². The van der Waals surface area contributed by atoms with E-state index in [9.17, 15) is 4.79 Å². The molecule has 0 saturated carbocycles. The molecule has 0 amide bonds. The number of aromatic amines is 1. The van der Waals surface area contributed by atoms with E-state index in [1.807, 2.05) is 12.1 Å². The summed E-state index contributed by atoms with van der Waals surface area (Å²) in [6, 6.07) is 3.76. The third kappa shape index (κ3) is 1.56. The number of aromatic nitrogens is 3. The molecule has 0 fully saturated rings. The molecule has 4 heteroatoms. The van der Waals surface area contributed by atoms with Crippen molar-refractivity contribution >= 4 is 5.78 Å². The molecule has 2 heterocycles. The molecule has 1 aliphatic carbocycles. The Balaban J connectivity index is 2.21. The molecule has 0 atom stereocenters. The first-order valence-electron chi connectivity index (χ1n) is 6.12. The molecule has 0 spiro atoms. The van der Waals surface area contributed by atoms with Crippen LogP contribution in [0.4, 0.5) is 0 Å². The van der Waals surface area contributed by atoms with Gasteiger partial charge >= 0.3 is 0 Å². The van der Waals surface area contributed by atoms with Gasteiger partial charge < -0.3 is 0 Å². The average Bonchev–Trinajstić information content (AvgIpc) is 2.82. The van der Waals surface area contributed by atoms with Gasteiger partial charge in [-0.3, -0.25) is 14.9 Å². The zero-order chi connectivity index (χ0) is 12.8. The van der Waals surface area contributed by atoms with Crippen molar-refractivity contribution in [1.82, 2.24) is 15.2 Å². The van der Waals surface area contributed by atoms with Gasteiger partial charge in [0.1, 0.15) is 5.69 Å². The van der Waals surface area contributed by atoms with Crippen LogP contribution in [0.2, 0.25) is 0 Å². The third-order valence-electron chi connectivity index (χ3n) is 3.65. The Morgan fingerprint density at radius 3 is 2.72 bits per heavy atom. The van der Waals surface area contributed by atoms with Gasteiger partial charge in [0.05, 0.1) is 11.3 Å². The zero-order valence-electron chi connectivity index (χ0n) is 10.5. The van der Waals surface area contributed by atoms with E-state index in [1.54, 1.807) is 12.4 Å². The standard InChI is InChI=1S/C14H15N3O/c1-14(2)6-3-10(18)11-12(16-17-13(11)14)9-4-7-15-8-5-9/h4-5,7-8H,3,6H2,1-2H3,(H,16,17). The van der Waals surface area contributed by atoms with E-state index in [2.05, 4.69) is 29.0 Å². The summed E-state index contributed by atoms with van der Waals surface area (Å²) in [6.45, 7) is 4.29. The summed E-state index contributed by atoms with van der Waals surface area (Å²) in [7, 11) is 0. The number of carbonyl (C=O) groups excluding carboxylic acids is 1. The quantitative estimate of drug-likeness (QED) is 0.835. The van der Waals surface area contributed by atoms with Gasteiger partial charge in [0.15, 0.2) is 5.78 Å². The van der Waals surface area contributed by atoms with Crippen LogP contribution in [0.5, 0.6) is 0 Å². The minimum Gasteiger partial charge on any atom is -0.294 e. The molecule has 1 N–H and O–H groups in total. The van der Waals surface area contributed by atoms with Crippen LogP contribution in [0.3, 0.4) is 0 Å². The summed E-state index contributed by atoms with van der Waals surface area (Å²) in [5, 5.41) is 7.39. The van der Waals surface area contributed by atoms with Crippen LogP contribution in [-0.2, 0) is 5.41 Å². The number of carbonyl (C=O) groups is 1. The fourth-order valence-electron chi connectivity index (χ4n) is 2.50. The Labute approximate surface area is 105 Å². The minimum atomic E-state index is -0.0124. The highest BCUT2D eigenvalue weighted by Crippen LogP contribution is 2.39. The number of rotatable bonds is 1. The summed E-state index contributed by atoms with van der Waals surface area (Å²) in [4.78, 5) is 16.1. The van der Waals surface area contributed by atoms with Crippen LogP contribution >= 0.6 is 0 Å². The van der Waals surface area contributed by atoms with Crippen molar-refractivity contribution in [3.05, 3.63) is 35.8 Å². The maximum atomic E-state index is 12.2. The average molecular weight is 241 g/mol. The van der Waals surface area contributed by atoms with E-state index < -0.39 is 0 Å². The Kier molecular flexibility index (Phi) is 2.33. The smallest absolute Gasteiger partial charge is 0.167 e. The topological polar surface area (TPSA) is 58.6 Å². The van der Waals surface area contributed by atoms with Gasteiger partial charge in [-0.05, 0) is 18.6 Å². The van der Waals surface area contributed by atoms with E-state index in [0.29, 0.717) is 6.42 Å². The maximum Gasteiger partial charge on any atom is 0.167 e. The Bertz CT molecular complexity index is 599. The molecule has 0 saturated heterocycles. The molecule has 4 nitrogen and oxygen atoms in total. The summed E-state index contributed by atoms with van der Waals surface area (Å²) in [5.41, 5.74) is 3.41. The zero-order valence-corrected chi connectivity index (χ0v) is 10.5. The lowest BCUT2D eigenvalue weighted by atomic mass is 9.75. The second-order valence-electron chi connectivity index (χ2n) is 5.37. The first-order valence-corrected chi connectivity index (χ1v) is 6.12. The number of ketones is 1. The number of fused-ring (bicyclic) bond motifs is 1. The second kappa shape index (κ2) is 3.77. The van der Waals surface area contributed by atoms with E-state index in [-0.39, 0.29) is 11.2 Å². The van der Waals surface area contributed by atoms with Crippen LogP contribution in [-0.4, -0.2) is 21.0 Å². The van der Waals surface area contributed by atoms with Crippen molar-refractivity contribution in [2.75, 3.05) is 0 Å². The number of nitrogens with zero attached hydrogens (tertiary/aromatic N) is 2. The monoisotopic (exact) mass is 241 g/mol. The number of nitrogens with one attached hydrogen (secondary N) is 1. The Morgan fingerprint density at radius 1 is 1.28 bits per heavy atom. The lowest BCUT2D eigenvalue weighted by Crippen LogP contribution is -2.27. The van der Waals surface area contributed by atoms with Crippen LogP contribution in [0.15, 0.2) is 24.5 Å². The highest BCUT2D eigenvalue weighted by atomic mass is 16.1. The first-order chi connectivity index (χ1) is 8.59. The molecule has 0 aliphatic heterocycles. The summed E-state index contributed by atoms with van der Waals surface area (Å²) >= 11 is 0. The van der Waals surface area contributed by atoms with Gasteiger partial charge in [0, 0.05) is 29.8 Å². The number of Topliss-reactive ketones (excluding diaryl/α,β-unsaturated/α-hetero) is 1. The molecule has 92 valence electrons. The van der Waals surface area contributed by atoms with Gasteiger partial charge in [0.2, 0.25) is 0 Å². The van der Waals surface area contributed by atoms with Crippen molar-refractivity contribution in [1.29, 1.82) is 0 Å². The van der Waals surface area contributed by atoms with Crippen molar-refractivity contribution in [2.24, 2.45) is 0 Å². The fraction of sp³-hybridized carbons (Fsp3) is 0.357. The molecular weight excluding hydrogens is 226 g/mol. The highest BCUT2D eigenvalue weighted by molar-refractivity contribution is 6.03. The first kappa shape index (κ1) is 11.1. The van der Waals surface area contributed by atoms with Crippen molar-refractivity contribution < 1.29 is 4.79 Å². The predicted molar refractivity (Wildman–Crippen MR) is 68.4 cm³/mol. The van der Waals surface area contributed by atoms with Crippen molar-refractivity contribution in [3.63, 3.8) is 0 Å². The highest BCUT2D eigenvalue weighted by Gasteiger charge is 2.36. The lowest BCUT2D eigenvalue weighted by molar-refractivity contribution is 0.0957. The maximum absolute atomic E-state index is 12.2. The number of hydrogen-bond donors (Lipinski definition) is 1. The third-order valence-corrected chi connectivity index (χ3v) is 3.65. The molecule has 18 heavy (non-hydrogen) atoms. The van der Waals surface area contributed by atoms with Crippen LogP contribution in [0.1, 0.15) is 42.7 Å². The molecule has 0 bridgehead atoms. The van der Waals surface area contributed by atoms with E-state index >= 15 is 0 Å². The van der Waals surface area contributed by atoms with Gasteiger partial charge in [-0.1, -0.05) is 13.8 Å². The molecule has 3 rings (SSSR count). The SMILES string of the molecule is CC1(C)CCC(=O)c2c(-c3ccncc3)n[nH]c21. The Hall–Kier alpha value is -1.97. The summed E-state index contributed by atoms with van der Waals surface area (Å²) < 4.78 is 0. The molecule has 0 unspecified atom stereocenters. The number of pyridine rings is 1. The lowest BCUT2D eigenvalue weighted by Gasteiger charge is -2.28. The van der Waals surface area contributed by atoms with E-state index in [4.69, 9.17) is 0 Å². The van der Waals surface area contributed by atoms with Crippen molar-refractivity contribution in [2.45, 2.75) is 32.1 Å². The second-order valence-corrected chi connectivity index (χ2v) is 5.37. The predicted octanol–water partition coefficient (Wildman–Crippen LogP) is 2.73. The minimum absolute atomic E-state index is 0.0124.